The largest absolute Gasteiger partial charge is 0.337 e. The van der Waals surface area contributed by atoms with Crippen LogP contribution >= 0.6 is 0 Å². The predicted molar refractivity (Wildman–Crippen MR) is 92.4 cm³/mol. The lowest BCUT2D eigenvalue weighted by atomic mass is 9.93. The number of amides is 1. The summed E-state index contributed by atoms with van der Waals surface area (Å²) < 4.78 is 0. The van der Waals surface area contributed by atoms with Crippen molar-refractivity contribution in [2.24, 2.45) is 5.92 Å². The van der Waals surface area contributed by atoms with Crippen molar-refractivity contribution in [3.8, 4) is 0 Å². The van der Waals surface area contributed by atoms with Crippen molar-refractivity contribution in [1.82, 2.24) is 9.88 Å². The highest BCUT2D eigenvalue weighted by Gasteiger charge is 2.27. The van der Waals surface area contributed by atoms with Crippen molar-refractivity contribution in [3.63, 3.8) is 0 Å². The fourth-order valence-corrected chi connectivity index (χ4v) is 2.93. The highest BCUT2D eigenvalue weighted by atomic mass is 16.2. The van der Waals surface area contributed by atoms with Gasteiger partial charge in [0.1, 0.15) is 11.5 Å². The highest BCUT2D eigenvalue weighted by molar-refractivity contribution is 6.05. The van der Waals surface area contributed by atoms with Crippen LogP contribution in [0.1, 0.15) is 44.1 Å². The third-order valence-electron chi connectivity index (χ3n) is 4.23. The Balaban J connectivity index is 0.000000924. The minimum atomic E-state index is -0.0335. The molecule has 0 spiro atoms. The molecule has 4 heteroatoms. The predicted octanol–water partition coefficient (Wildman–Crippen LogP) is 3.70. The first-order valence-electron chi connectivity index (χ1n) is 8.30. The normalized spacial score (nSPS) is 15.0. The lowest BCUT2D eigenvalue weighted by Gasteiger charge is -2.30. The number of aromatic nitrogens is 1. The fraction of sp³-hybridized carbons (Fsp3) is 0.421. The van der Waals surface area contributed by atoms with Crippen LogP contribution in [-0.2, 0) is 4.79 Å². The molecule has 0 atom stereocenters. The van der Waals surface area contributed by atoms with Gasteiger partial charge in [0, 0.05) is 30.6 Å². The Morgan fingerprint density at radius 1 is 1.09 bits per heavy atom. The number of pyridine rings is 1. The molecular weight excluding hydrogens is 288 g/mol. The molecule has 2 heterocycles. The minimum absolute atomic E-state index is 0.0335. The second-order valence-corrected chi connectivity index (χ2v) is 5.56. The fourth-order valence-electron chi connectivity index (χ4n) is 2.93. The van der Waals surface area contributed by atoms with E-state index in [1.807, 2.05) is 49.1 Å². The topological polar surface area (TPSA) is 50.3 Å². The molecule has 0 bridgehead atoms. The Kier molecular flexibility index (Phi) is 5.85. The number of carbonyl (C=O) groups is 2. The van der Waals surface area contributed by atoms with Gasteiger partial charge in [-0.25, -0.2) is 0 Å². The van der Waals surface area contributed by atoms with E-state index >= 15 is 0 Å². The highest BCUT2D eigenvalue weighted by Crippen LogP contribution is 2.22. The quantitative estimate of drug-likeness (QED) is 0.849. The monoisotopic (exact) mass is 312 g/mol. The molecule has 1 aliphatic rings. The minimum Gasteiger partial charge on any atom is -0.337 e. The van der Waals surface area contributed by atoms with Gasteiger partial charge < -0.3 is 4.90 Å². The molecule has 3 rings (SSSR count). The third-order valence-corrected chi connectivity index (χ3v) is 4.23. The standard InChI is InChI=1S/C17H18N2O2.C2H6/c1-12(20)13-7-10-19(11-8-13)17(21)16-15-5-3-2-4-14(15)6-9-18-16;1-2/h2-6,9,13H,7-8,10-11H2,1H3;1-2H3. The number of fused-ring (bicyclic) bond motifs is 1. The van der Waals surface area contributed by atoms with Gasteiger partial charge in [0.25, 0.3) is 5.91 Å². The van der Waals surface area contributed by atoms with Crippen LogP contribution < -0.4 is 0 Å². The molecule has 0 unspecified atom stereocenters. The first-order valence-corrected chi connectivity index (χ1v) is 8.30. The molecule has 0 aliphatic carbocycles. The van der Waals surface area contributed by atoms with E-state index in [1.54, 1.807) is 13.1 Å². The molecule has 0 radical (unpaired) electrons. The number of carbonyl (C=O) groups excluding carboxylic acids is 2. The molecular formula is C19H24N2O2. The van der Waals surface area contributed by atoms with E-state index in [-0.39, 0.29) is 17.6 Å². The molecule has 1 aromatic carbocycles. The smallest absolute Gasteiger partial charge is 0.273 e. The molecule has 1 saturated heterocycles. The van der Waals surface area contributed by atoms with Crippen LogP contribution in [0, 0.1) is 5.92 Å². The summed E-state index contributed by atoms with van der Waals surface area (Å²) >= 11 is 0. The van der Waals surface area contributed by atoms with E-state index < -0.39 is 0 Å². The first-order chi connectivity index (χ1) is 11.2. The summed E-state index contributed by atoms with van der Waals surface area (Å²) in [5, 5.41) is 1.91. The molecule has 2 aromatic rings. The summed E-state index contributed by atoms with van der Waals surface area (Å²) in [5.41, 5.74) is 0.509. The number of hydrogen-bond acceptors (Lipinski definition) is 3. The average Bonchev–Trinajstić information content (AvgIpc) is 2.62. The molecule has 23 heavy (non-hydrogen) atoms. The number of hydrogen-bond donors (Lipinski definition) is 0. The van der Waals surface area contributed by atoms with Crippen molar-refractivity contribution >= 4 is 22.5 Å². The van der Waals surface area contributed by atoms with Gasteiger partial charge >= 0.3 is 0 Å². The number of piperidine rings is 1. The zero-order valence-electron chi connectivity index (χ0n) is 14.1. The SMILES string of the molecule is CC.CC(=O)C1CCN(C(=O)c2nccc3ccccc23)CC1. The zero-order chi connectivity index (χ0) is 16.8. The molecule has 1 aromatic heterocycles. The number of nitrogens with zero attached hydrogens (tertiary/aromatic N) is 2. The van der Waals surface area contributed by atoms with Crippen molar-refractivity contribution in [2.45, 2.75) is 33.6 Å². The second-order valence-electron chi connectivity index (χ2n) is 5.56. The molecule has 0 N–H and O–H groups in total. The zero-order valence-corrected chi connectivity index (χ0v) is 14.1. The maximum atomic E-state index is 12.7. The van der Waals surface area contributed by atoms with Crippen LogP contribution in [0.15, 0.2) is 36.5 Å². The van der Waals surface area contributed by atoms with Crippen LogP contribution in [0.3, 0.4) is 0 Å². The van der Waals surface area contributed by atoms with Gasteiger partial charge in [-0.1, -0.05) is 38.1 Å². The summed E-state index contributed by atoms with van der Waals surface area (Å²) in [6, 6.07) is 9.69. The lowest BCUT2D eigenvalue weighted by Crippen LogP contribution is -2.40. The maximum Gasteiger partial charge on any atom is 0.273 e. The van der Waals surface area contributed by atoms with Crippen molar-refractivity contribution < 1.29 is 9.59 Å². The van der Waals surface area contributed by atoms with Gasteiger partial charge in [0.15, 0.2) is 0 Å². The Labute approximate surface area is 137 Å². The summed E-state index contributed by atoms with van der Waals surface area (Å²) in [4.78, 5) is 30.2. The van der Waals surface area contributed by atoms with Gasteiger partial charge in [-0.2, -0.15) is 0 Å². The summed E-state index contributed by atoms with van der Waals surface area (Å²) in [5.74, 6) is 0.300. The van der Waals surface area contributed by atoms with Crippen molar-refractivity contribution in [1.29, 1.82) is 0 Å². The van der Waals surface area contributed by atoms with Gasteiger partial charge in [0.2, 0.25) is 0 Å². The number of ketones is 1. The van der Waals surface area contributed by atoms with Crippen LogP contribution in [-0.4, -0.2) is 34.7 Å². The van der Waals surface area contributed by atoms with Crippen LogP contribution in [0.2, 0.25) is 0 Å². The van der Waals surface area contributed by atoms with Gasteiger partial charge in [-0.05, 0) is 31.2 Å². The Bertz CT molecular complexity index is 683. The Morgan fingerprint density at radius 2 is 1.74 bits per heavy atom. The van der Waals surface area contributed by atoms with E-state index in [1.165, 1.54) is 0 Å². The maximum absolute atomic E-state index is 12.7. The average molecular weight is 312 g/mol. The van der Waals surface area contributed by atoms with E-state index in [2.05, 4.69) is 4.98 Å². The van der Waals surface area contributed by atoms with E-state index in [9.17, 15) is 9.59 Å². The Morgan fingerprint density at radius 3 is 2.39 bits per heavy atom. The number of likely N-dealkylation sites (tertiary alicyclic amines) is 1. The Hall–Kier alpha value is -2.23. The molecule has 4 nitrogen and oxygen atoms in total. The van der Waals surface area contributed by atoms with Crippen LogP contribution in [0.4, 0.5) is 0 Å². The van der Waals surface area contributed by atoms with Crippen LogP contribution in [0.25, 0.3) is 10.8 Å². The second kappa shape index (κ2) is 7.86. The molecule has 122 valence electrons. The first kappa shape index (κ1) is 17.1. The van der Waals surface area contributed by atoms with Crippen molar-refractivity contribution in [2.75, 3.05) is 13.1 Å². The molecule has 1 aliphatic heterocycles. The molecule has 0 saturated carbocycles. The number of benzene rings is 1. The van der Waals surface area contributed by atoms with Gasteiger partial charge in [-0.3, -0.25) is 14.6 Å². The summed E-state index contributed by atoms with van der Waals surface area (Å²) in [6.07, 6.45) is 3.19. The van der Waals surface area contributed by atoms with Gasteiger partial charge in [0.05, 0.1) is 0 Å². The van der Waals surface area contributed by atoms with E-state index in [4.69, 9.17) is 0 Å². The third kappa shape index (κ3) is 3.76. The summed E-state index contributed by atoms with van der Waals surface area (Å²) in [7, 11) is 0. The van der Waals surface area contributed by atoms with Gasteiger partial charge in [-0.15, -0.1) is 0 Å². The van der Waals surface area contributed by atoms with Crippen molar-refractivity contribution in [3.05, 3.63) is 42.2 Å². The van der Waals surface area contributed by atoms with E-state index in [0.29, 0.717) is 18.8 Å². The number of Topliss-reactive ketones (excluding diaryl/α,β-unsaturated/α-hetero) is 1. The lowest BCUT2D eigenvalue weighted by molar-refractivity contribution is -0.121. The summed E-state index contributed by atoms with van der Waals surface area (Å²) in [6.45, 7) is 6.90. The van der Waals surface area contributed by atoms with Crippen LogP contribution in [0.5, 0.6) is 0 Å². The van der Waals surface area contributed by atoms with E-state index in [0.717, 1.165) is 23.6 Å². The molecule has 1 amide bonds. The number of rotatable bonds is 2. The molecule has 1 fully saturated rings.